The molecule has 12 nitrogen and oxygen atoms in total. The van der Waals surface area contributed by atoms with Gasteiger partial charge in [0.2, 0.25) is 5.91 Å². The van der Waals surface area contributed by atoms with Gasteiger partial charge in [-0.3, -0.25) is 19.2 Å². The van der Waals surface area contributed by atoms with Crippen molar-refractivity contribution < 1.29 is 47.3 Å². The first-order valence-corrected chi connectivity index (χ1v) is 17.3. The second-order valence-corrected chi connectivity index (χ2v) is 14.2. The Morgan fingerprint density at radius 1 is 0.936 bits per heavy atom. The van der Waals surface area contributed by atoms with Gasteiger partial charge in [-0.25, -0.2) is 13.2 Å². The Morgan fingerprint density at radius 3 is 2.02 bits per heavy atom. The number of carbonyl (C=O) groups is 5. The molecule has 4 atom stereocenters. The number of carboxylic acid groups (broad SMARTS) is 2. The van der Waals surface area contributed by atoms with Crippen molar-refractivity contribution >= 4 is 51.2 Å². The molecule has 1 aliphatic carbocycles. The van der Waals surface area contributed by atoms with Crippen molar-refractivity contribution in [2.24, 2.45) is 11.8 Å². The van der Waals surface area contributed by atoms with Gasteiger partial charge >= 0.3 is 18.0 Å². The average Bonchev–Trinajstić information content (AvgIpc) is 3.32. The molecule has 47 heavy (non-hydrogen) atoms. The molecule has 2 aromatic rings. The Hall–Kier alpha value is -4.23. The number of rotatable bonds is 17. The number of amides is 2. The maximum atomic E-state index is 13.5. The molecule has 0 saturated heterocycles. The fourth-order valence-corrected chi connectivity index (χ4v) is 6.03. The molecular weight excluding hydrogens is 652 g/mol. The first-order valence-electron chi connectivity index (χ1n) is 15.1. The van der Waals surface area contributed by atoms with E-state index in [0.717, 1.165) is 34.6 Å². The molecule has 0 spiro atoms. The summed E-state index contributed by atoms with van der Waals surface area (Å²) in [6.45, 7) is 3.45. The number of aliphatic carboxylic acids is 2. The van der Waals surface area contributed by atoms with E-state index in [2.05, 4.69) is 10.6 Å². The summed E-state index contributed by atoms with van der Waals surface area (Å²) in [7, 11) is -3.88. The van der Waals surface area contributed by atoms with E-state index in [1.807, 2.05) is 48.5 Å². The topological polar surface area (TPSA) is 193 Å². The number of sulfone groups is 1. The van der Waals surface area contributed by atoms with Crippen molar-refractivity contribution in [2.75, 3.05) is 12.9 Å². The second-order valence-electron chi connectivity index (χ2n) is 11.6. The lowest BCUT2D eigenvalue weighted by molar-refractivity contribution is -0.139. The third-order valence-electron chi connectivity index (χ3n) is 8.17. The maximum Gasteiger partial charge on any atom is 0.407 e. The van der Waals surface area contributed by atoms with Gasteiger partial charge in [0.05, 0.1) is 18.5 Å². The van der Waals surface area contributed by atoms with Crippen molar-refractivity contribution in [3.05, 3.63) is 70.1 Å². The van der Waals surface area contributed by atoms with Gasteiger partial charge in [0.1, 0.15) is 11.0 Å². The lowest BCUT2D eigenvalue weighted by Crippen LogP contribution is -2.46. The van der Waals surface area contributed by atoms with Crippen molar-refractivity contribution in [3.8, 4) is 11.1 Å². The van der Waals surface area contributed by atoms with Crippen LogP contribution in [0.2, 0.25) is 0 Å². The van der Waals surface area contributed by atoms with Gasteiger partial charge in [-0.1, -0.05) is 80.4 Å². The van der Waals surface area contributed by atoms with E-state index in [1.54, 1.807) is 13.8 Å². The fraction of sp³-hybridized carbons (Fsp3) is 0.424. The van der Waals surface area contributed by atoms with E-state index in [9.17, 15) is 42.6 Å². The van der Waals surface area contributed by atoms with Crippen LogP contribution in [0.4, 0.5) is 4.79 Å². The number of Topliss-reactive ketones (excluding diaryl/α,β-unsaturated/α-hetero) is 1. The molecule has 1 aliphatic rings. The molecule has 0 heterocycles. The van der Waals surface area contributed by atoms with Gasteiger partial charge in [0.15, 0.2) is 15.6 Å². The first-order chi connectivity index (χ1) is 22.1. The van der Waals surface area contributed by atoms with Gasteiger partial charge in [0.25, 0.3) is 0 Å². The van der Waals surface area contributed by atoms with Gasteiger partial charge in [0, 0.05) is 30.9 Å². The quantitative estimate of drug-likeness (QED) is 0.184. The molecule has 14 heteroatoms. The van der Waals surface area contributed by atoms with Gasteiger partial charge in [-0.05, 0) is 40.7 Å². The third-order valence-corrected chi connectivity index (χ3v) is 9.98. The van der Waals surface area contributed by atoms with E-state index in [-0.39, 0.29) is 18.9 Å². The van der Waals surface area contributed by atoms with Crippen LogP contribution in [0.3, 0.4) is 0 Å². The molecule has 0 fully saturated rings. The summed E-state index contributed by atoms with van der Waals surface area (Å²) in [4.78, 5) is 62.7. The number of alkyl carbamates (subject to hydrolysis) is 1. The smallest absolute Gasteiger partial charge is 0.407 e. The normalized spacial score (nSPS) is 15.4. The lowest BCUT2D eigenvalue weighted by atomic mass is 9.84. The Morgan fingerprint density at radius 2 is 1.51 bits per heavy atom. The van der Waals surface area contributed by atoms with Crippen LogP contribution in [0.15, 0.2) is 59.0 Å². The number of hydrogen-bond acceptors (Lipinski definition) is 8. The van der Waals surface area contributed by atoms with Crippen LogP contribution in [0.1, 0.15) is 63.0 Å². The minimum Gasteiger partial charge on any atom is -0.481 e. The molecule has 0 aliphatic heterocycles. The standard InChI is InChI=1S/C33H39ClN2O10S/c1-4-19(2)25(32(42)35-20(16-31(40)41)15-29(34)47(3,44)45)17-28(37)27(13-14-30(38)39)36-33(43)46-18-26-23-11-7-5-9-21(23)22-10-6-8-12-24(22)26/h5-12,15,19-20,25-27H,4,13-14,16-18H2,1-3H3,(H,35,42)(H,36,43)(H,38,39)(H,40,41)/b29-15+/t19?,20-,25+,27+/m1/s1. The molecule has 1 unspecified atom stereocenters. The maximum absolute atomic E-state index is 13.5. The van der Waals surface area contributed by atoms with E-state index in [4.69, 9.17) is 16.3 Å². The lowest BCUT2D eigenvalue weighted by Gasteiger charge is -2.26. The van der Waals surface area contributed by atoms with Gasteiger partial charge in [-0.15, -0.1) is 0 Å². The number of carbonyl (C=O) groups excluding carboxylic acids is 3. The summed E-state index contributed by atoms with van der Waals surface area (Å²) in [5.41, 5.74) is 4.02. The number of nitrogens with one attached hydrogen (secondary N) is 2. The van der Waals surface area contributed by atoms with Gasteiger partial charge < -0.3 is 25.6 Å². The average molecular weight is 691 g/mol. The zero-order valence-electron chi connectivity index (χ0n) is 26.3. The molecule has 3 rings (SSSR count). The Bertz CT molecular complexity index is 1600. The fourth-order valence-electron chi connectivity index (χ4n) is 5.47. The highest BCUT2D eigenvalue weighted by Crippen LogP contribution is 2.44. The van der Waals surface area contributed by atoms with Crippen LogP contribution < -0.4 is 10.6 Å². The number of fused-ring (bicyclic) bond motifs is 3. The Kier molecular flexibility index (Phi) is 13.1. The van der Waals surface area contributed by atoms with E-state index >= 15 is 0 Å². The highest BCUT2D eigenvalue weighted by molar-refractivity contribution is 7.96. The summed E-state index contributed by atoms with van der Waals surface area (Å²) in [6.07, 6.45) is -0.561. The Balaban J connectivity index is 1.75. The summed E-state index contributed by atoms with van der Waals surface area (Å²) in [6, 6.07) is 12.9. The predicted molar refractivity (Wildman–Crippen MR) is 174 cm³/mol. The molecule has 254 valence electrons. The van der Waals surface area contributed by atoms with E-state index < -0.39 is 87.1 Å². The molecular formula is C33H39ClN2O10S. The minimum absolute atomic E-state index is 0.0356. The van der Waals surface area contributed by atoms with E-state index in [0.29, 0.717) is 6.42 Å². The molecule has 0 bridgehead atoms. The summed E-state index contributed by atoms with van der Waals surface area (Å²) >= 11 is 5.81. The number of ketones is 1. The molecule has 0 aromatic heterocycles. The third kappa shape index (κ3) is 10.4. The monoisotopic (exact) mass is 690 g/mol. The largest absolute Gasteiger partial charge is 0.481 e. The zero-order valence-corrected chi connectivity index (χ0v) is 27.8. The van der Waals surface area contributed by atoms with Crippen molar-refractivity contribution in [1.29, 1.82) is 0 Å². The minimum atomic E-state index is -3.88. The predicted octanol–water partition coefficient (Wildman–Crippen LogP) is 4.46. The summed E-state index contributed by atoms with van der Waals surface area (Å²) in [5.74, 6) is -5.56. The molecule has 2 aromatic carbocycles. The number of benzene rings is 2. The molecule has 0 saturated carbocycles. The van der Waals surface area contributed by atoms with Crippen molar-refractivity contribution in [3.63, 3.8) is 0 Å². The van der Waals surface area contributed by atoms with Crippen LogP contribution in [0, 0.1) is 11.8 Å². The molecule has 0 radical (unpaired) electrons. The van der Waals surface area contributed by atoms with E-state index in [1.165, 1.54) is 0 Å². The van der Waals surface area contributed by atoms with Crippen molar-refractivity contribution in [1.82, 2.24) is 10.6 Å². The number of halogens is 1. The Labute approximate surface area is 278 Å². The second kappa shape index (κ2) is 16.6. The van der Waals surface area contributed by atoms with Crippen LogP contribution in [-0.4, -0.2) is 73.3 Å². The highest BCUT2D eigenvalue weighted by atomic mass is 35.5. The number of hydrogen-bond donors (Lipinski definition) is 4. The molecule has 4 N–H and O–H groups in total. The zero-order chi connectivity index (χ0) is 34.9. The number of ether oxygens (including phenoxy) is 1. The van der Waals surface area contributed by atoms with Crippen molar-refractivity contribution in [2.45, 2.75) is 64.0 Å². The van der Waals surface area contributed by atoms with Gasteiger partial charge in [-0.2, -0.15) is 0 Å². The number of carboxylic acids is 2. The van der Waals surface area contributed by atoms with Crippen LogP contribution in [-0.2, 0) is 33.8 Å². The SMILES string of the molecule is CCC(C)[C@H](CC(=O)[C@H](CCC(=O)O)NC(=O)OCC1c2ccccc2-c2ccccc21)C(=O)N[C@H](/C=C(\Cl)S(C)(=O)=O)CC(=O)O. The van der Waals surface area contributed by atoms with Crippen LogP contribution in [0.25, 0.3) is 11.1 Å². The summed E-state index contributed by atoms with van der Waals surface area (Å²) < 4.78 is 28.5. The van der Waals surface area contributed by atoms with Crippen LogP contribution >= 0.6 is 11.6 Å². The summed E-state index contributed by atoms with van der Waals surface area (Å²) in [5, 5.41) is 23.5. The highest BCUT2D eigenvalue weighted by Gasteiger charge is 2.33. The molecule has 2 amide bonds. The van der Waals surface area contributed by atoms with Crippen LogP contribution in [0.5, 0.6) is 0 Å². The first kappa shape index (κ1) is 37.2.